The molecule has 1 aliphatic heterocycles. The van der Waals surface area contributed by atoms with Crippen molar-refractivity contribution in [2.75, 3.05) is 32.7 Å². The van der Waals surface area contributed by atoms with Crippen LogP contribution in [-0.2, 0) is 14.8 Å². The van der Waals surface area contributed by atoms with Crippen molar-refractivity contribution in [3.05, 3.63) is 28.2 Å². The molecule has 0 radical (unpaired) electrons. The summed E-state index contributed by atoms with van der Waals surface area (Å²) in [6.45, 7) is 4.08. The summed E-state index contributed by atoms with van der Waals surface area (Å²) in [5.41, 5.74) is 0. The lowest BCUT2D eigenvalue weighted by atomic mass is 9.86. The number of benzene rings is 1. The minimum Gasteiger partial charge on any atom is -0.352 e. The Morgan fingerprint density at radius 3 is 2.32 bits per heavy atom. The Hall–Kier alpha value is -0.860. The lowest BCUT2D eigenvalue weighted by Gasteiger charge is -2.35. The molecule has 1 amide bonds. The van der Waals surface area contributed by atoms with E-state index in [2.05, 4.69) is 12.2 Å². The van der Waals surface area contributed by atoms with Crippen LogP contribution in [0.3, 0.4) is 0 Å². The van der Waals surface area contributed by atoms with E-state index in [0.717, 1.165) is 19.3 Å². The van der Waals surface area contributed by atoms with Crippen molar-refractivity contribution in [1.82, 2.24) is 14.5 Å². The molecular weight excluding hydrogens is 421 g/mol. The predicted octanol–water partition coefficient (Wildman–Crippen LogP) is 2.99. The van der Waals surface area contributed by atoms with Gasteiger partial charge in [0.15, 0.2) is 0 Å². The van der Waals surface area contributed by atoms with Crippen LogP contribution in [0, 0.1) is 5.92 Å². The molecule has 0 spiro atoms. The fourth-order valence-electron chi connectivity index (χ4n) is 3.97. The van der Waals surface area contributed by atoms with Crippen LogP contribution in [0.15, 0.2) is 23.1 Å². The molecular formula is C19H27Cl2N3O3S. The number of sulfonamides is 1. The first-order valence-electron chi connectivity index (χ1n) is 9.75. The van der Waals surface area contributed by atoms with E-state index in [1.807, 2.05) is 4.90 Å². The van der Waals surface area contributed by atoms with Gasteiger partial charge in [0.05, 0.1) is 16.6 Å². The van der Waals surface area contributed by atoms with E-state index >= 15 is 0 Å². The van der Waals surface area contributed by atoms with Gasteiger partial charge in [-0.15, -0.1) is 0 Å². The van der Waals surface area contributed by atoms with Gasteiger partial charge in [-0.1, -0.05) is 49.0 Å². The third-order valence-corrected chi connectivity index (χ3v) is 8.53. The van der Waals surface area contributed by atoms with Crippen molar-refractivity contribution in [2.24, 2.45) is 5.92 Å². The highest BCUT2D eigenvalue weighted by Crippen LogP contribution is 2.31. The third kappa shape index (κ3) is 5.00. The van der Waals surface area contributed by atoms with Crippen LogP contribution in [0.5, 0.6) is 0 Å². The number of halogens is 2. The topological polar surface area (TPSA) is 69.7 Å². The van der Waals surface area contributed by atoms with Crippen molar-refractivity contribution >= 4 is 39.1 Å². The second-order valence-electron chi connectivity index (χ2n) is 7.67. The number of amides is 1. The average Bonchev–Trinajstić information content (AvgIpc) is 2.64. The van der Waals surface area contributed by atoms with Crippen LogP contribution in [0.4, 0.5) is 0 Å². The van der Waals surface area contributed by atoms with Crippen LogP contribution < -0.4 is 5.32 Å². The quantitative estimate of drug-likeness (QED) is 0.752. The van der Waals surface area contributed by atoms with E-state index in [-0.39, 0.29) is 26.9 Å². The Morgan fingerprint density at radius 1 is 1.11 bits per heavy atom. The average molecular weight is 448 g/mol. The van der Waals surface area contributed by atoms with Crippen molar-refractivity contribution in [2.45, 2.75) is 43.5 Å². The lowest BCUT2D eigenvalue weighted by molar-refractivity contribution is -0.123. The summed E-state index contributed by atoms with van der Waals surface area (Å²) in [5.74, 6) is 0.532. The van der Waals surface area contributed by atoms with Gasteiger partial charge in [0.2, 0.25) is 15.9 Å². The molecule has 1 saturated heterocycles. The number of piperazine rings is 1. The van der Waals surface area contributed by atoms with E-state index in [0.29, 0.717) is 38.6 Å². The molecule has 6 nitrogen and oxygen atoms in total. The molecule has 1 saturated carbocycles. The SMILES string of the molecule is CC1CCCCC1NC(=O)CN1CCN(S(=O)(=O)c2c(Cl)cccc2Cl)CC1. The molecule has 1 aliphatic carbocycles. The number of nitrogens with zero attached hydrogens (tertiary/aromatic N) is 2. The van der Waals surface area contributed by atoms with Gasteiger partial charge in [-0.25, -0.2) is 8.42 Å². The number of hydrogen-bond acceptors (Lipinski definition) is 4. The van der Waals surface area contributed by atoms with Gasteiger partial charge in [0.1, 0.15) is 4.90 Å². The number of rotatable bonds is 5. The minimum atomic E-state index is -3.76. The molecule has 0 bridgehead atoms. The molecule has 9 heteroatoms. The fraction of sp³-hybridized carbons (Fsp3) is 0.632. The van der Waals surface area contributed by atoms with E-state index in [9.17, 15) is 13.2 Å². The van der Waals surface area contributed by atoms with E-state index < -0.39 is 10.0 Å². The first-order chi connectivity index (χ1) is 13.3. The van der Waals surface area contributed by atoms with Crippen LogP contribution in [0.25, 0.3) is 0 Å². The van der Waals surface area contributed by atoms with E-state index in [1.54, 1.807) is 6.07 Å². The van der Waals surface area contributed by atoms with E-state index in [1.165, 1.54) is 22.9 Å². The summed E-state index contributed by atoms with van der Waals surface area (Å²) in [6, 6.07) is 4.92. The first kappa shape index (κ1) is 21.8. The molecule has 2 unspecified atom stereocenters. The molecule has 2 atom stereocenters. The summed E-state index contributed by atoms with van der Waals surface area (Å²) in [6.07, 6.45) is 4.60. The zero-order valence-corrected chi connectivity index (χ0v) is 18.4. The first-order valence-corrected chi connectivity index (χ1v) is 11.9. The van der Waals surface area contributed by atoms with Gasteiger partial charge >= 0.3 is 0 Å². The van der Waals surface area contributed by atoms with Crippen molar-refractivity contribution in [1.29, 1.82) is 0 Å². The maximum atomic E-state index is 12.9. The smallest absolute Gasteiger partial charge is 0.246 e. The molecule has 2 fully saturated rings. The van der Waals surface area contributed by atoms with Gasteiger partial charge in [0.25, 0.3) is 0 Å². The molecule has 156 valence electrons. The third-order valence-electron chi connectivity index (χ3n) is 5.67. The van der Waals surface area contributed by atoms with E-state index in [4.69, 9.17) is 23.2 Å². The standard InChI is InChI=1S/C19H27Cl2N3O3S/c1-14-5-2-3-8-17(14)22-18(25)13-23-9-11-24(12-10-23)28(26,27)19-15(20)6-4-7-16(19)21/h4,6-7,14,17H,2-3,5,8-13H2,1H3,(H,22,25). The molecule has 3 rings (SSSR count). The van der Waals surface area contributed by atoms with Gasteiger partial charge in [-0.05, 0) is 30.9 Å². The molecule has 1 heterocycles. The van der Waals surface area contributed by atoms with Crippen molar-refractivity contribution in [3.8, 4) is 0 Å². The lowest BCUT2D eigenvalue weighted by Crippen LogP contribution is -2.52. The second kappa shape index (κ2) is 9.30. The molecule has 1 aromatic carbocycles. The Labute approximate surface area is 177 Å². The second-order valence-corrected chi connectivity index (χ2v) is 10.4. The van der Waals surface area contributed by atoms with Gasteiger partial charge < -0.3 is 5.32 Å². The maximum absolute atomic E-state index is 12.9. The fourth-order valence-corrected chi connectivity index (χ4v) is 6.49. The van der Waals surface area contributed by atoms with Crippen molar-refractivity contribution in [3.63, 3.8) is 0 Å². The summed E-state index contributed by atoms with van der Waals surface area (Å²) in [4.78, 5) is 14.3. The summed E-state index contributed by atoms with van der Waals surface area (Å²) < 4.78 is 27.2. The number of carbonyl (C=O) groups excluding carboxylic acids is 1. The zero-order valence-electron chi connectivity index (χ0n) is 16.0. The predicted molar refractivity (Wildman–Crippen MR) is 111 cm³/mol. The van der Waals surface area contributed by atoms with Crippen LogP contribution in [0.2, 0.25) is 10.0 Å². The Morgan fingerprint density at radius 2 is 1.71 bits per heavy atom. The Balaban J connectivity index is 1.55. The summed E-state index contributed by atoms with van der Waals surface area (Å²) in [5, 5.41) is 3.39. The van der Waals surface area contributed by atoms with Gasteiger partial charge in [0, 0.05) is 32.2 Å². The molecule has 1 aromatic rings. The summed E-state index contributed by atoms with van der Waals surface area (Å²) in [7, 11) is -3.76. The van der Waals surface area contributed by atoms with Crippen LogP contribution in [-0.4, -0.2) is 62.3 Å². The highest BCUT2D eigenvalue weighted by molar-refractivity contribution is 7.89. The Kier molecular flexibility index (Phi) is 7.26. The monoisotopic (exact) mass is 447 g/mol. The number of carbonyl (C=O) groups is 1. The van der Waals surface area contributed by atoms with Crippen LogP contribution in [0.1, 0.15) is 32.6 Å². The van der Waals surface area contributed by atoms with Gasteiger partial charge in [-0.2, -0.15) is 4.31 Å². The molecule has 2 aliphatic rings. The van der Waals surface area contributed by atoms with Gasteiger partial charge in [-0.3, -0.25) is 9.69 Å². The Bertz CT molecular complexity index is 790. The largest absolute Gasteiger partial charge is 0.352 e. The highest BCUT2D eigenvalue weighted by Gasteiger charge is 2.32. The molecule has 0 aromatic heterocycles. The van der Waals surface area contributed by atoms with Crippen molar-refractivity contribution < 1.29 is 13.2 Å². The number of nitrogens with one attached hydrogen (secondary N) is 1. The zero-order chi connectivity index (χ0) is 20.3. The normalized spacial score (nSPS) is 24.8. The summed E-state index contributed by atoms with van der Waals surface area (Å²) >= 11 is 12.2. The maximum Gasteiger partial charge on any atom is 0.246 e. The molecule has 1 N–H and O–H groups in total. The molecule has 28 heavy (non-hydrogen) atoms. The number of hydrogen-bond donors (Lipinski definition) is 1. The highest BCUT2D eigenvalue weighted by atomic mass is 35.5. The minimum absolute atomic E-state index is 0.0178. The van der Waals surface area contributed by atoms with Crippen LogP contribution >= 0.6 is 23.2 Å².